The predicted molar refractivity (Wildman–Crippen MR) is 111 cm³/mol. The van der Waals surface area contributed by atoms with Crippen molar-refractivity contribution in [3.63, 3.8) is 0 Å². The predicted octanol–water partition coefficient (Wildman–Crippen LogP) is 2.16. The van der Waals surface area contributed by atoms with Crippen LogP contribution in [0.1, 0.15) is 33.6 Å². The van der Waals surface area contributed by atoms with Crippen molar-refractivity contribution in [3.8, 4) is 5.75 Å². The summed E-state index contributed by atoms with van der Waals surface area (Å²) >= 11 is 4.48. The van der Waals surface area contributed by atoms with Crippen molar-refractivity contribution in [1.29, 1.82) is 0 Å². The second kappa shape index (κ2) is 7.37. The van der Waals surface area contributed by atoms with Crippen LogP contribution < -0.4 is 9.64 Å². The van der Waals surface area contributed by atoms with E-state index in [1.807, 2.05) is 0 Å². The topological polar surface area (TPSA) is 58.6 Å². The lowest BCUT2D eigenvalue weighted by atomic mass is 9.96. The molecule has 0 N–H and O–H groups in total. The molecule has 0 saturated carbocycles. The number of ketones is 1. The second-order valence-corrected chi connectivity index (χ2v) is 8.55. The molecule has 1 aromatic carbocycles. The summed E-state index contributed by atoms with van der Waals surface area (Å²) in [4.78, 5) is 26.0. The first-order valence-electron chi connectivity index (χ1n) is 9.95. The van der Waals surface area contributed by atoms with Gasteiger partial charge in [-0.2, -0.15) is 12.6 Å². The first-order valence-corrected chi connectivity index (χ1v) is 10.5. The molecule has 2 aromatic rings. The van der Waals surface area contributed by atoms with Crippen LogP contribution in [0.25, 0.3) is 0 Å². The molecule has 1 fully saturated rings. The van der Waals surface area contributed by atoms with Crippen LogP contribution in [-0.4, -0.2) is 58.7 Å². The number of aromatic nitrogens is 2. The summed E-state index contributed by atoms with van der Waals surface area (Å²) in [5.74, 6) is 1.89. The number of hydrogen-bond donors (Lipinski definition) is 1. The Hall–Kier alpha value is -2.12. The van der Waals surface area contributed by atoms with Crippen molar-refractivity contribution < 1.29 is 9.53 Å². The molecule has 1 atom stereocenters. The Balaban J connectivity index is 1.23. The number of rotatable bonds is 3. The lowest BCUT2D eigenvalue weighted by Crippen LogP contribution is -2.46. The van der Waals surface area contributed by atoms with Gasteiger partial charge in [-0.25, -0.2) is 9.97 Å². The molecule has 0 spiro atoms. The van der Waals surface area contributed by atoms with Crippen LogP contribution in [0.2, 0.25) is 0 Å². The van der Waals surface area contributed by atoms with Crippen molar-refractivity contribution in [1.82, 2.24) is 14.9 Å². The van der Waals surface area contributed by atoms with Crippen LogP contribution in [-0.2, 0) is 19.4 Å². The van der Waals surface area contributed by atoms with Crippen LogP contribution in [0.3, 0.4) is 0 Å². The fourth-order valence-corrected chi connectivity index (χ4v) is 4.58. The maximum absolute atomic E-state index is 12.1. The summed E-state index contributed by atoms with van der Waals surface area (Å²) < 4.78 is 5.69. The third-order valence-electron chi connectivity index (χ3n) is 5.83. The van der Waals surface area contributed by atoms with Gasteiger partial charge >= 0.3 is 0 Å². The Morgan fingerprint density at radius 3 is 2.89 bits per heavy atom. The van der Waals surface area contributed by atoms with E-state index in [1.54, 1.807) is 6.20 Å². The fourth-order valence-electron chi connectivity index (χ4n) is 4.24. The molecule has 1 unspecified atom stereocenters. The van der Waals surface area contributed by atoms with Crippen molar-refractivity contribution in [2.75, 3.05) is 37.7 Å². The van der Waals surface area contributed by atoms with E-state index in [0.29, 0.717) is 12.0 Å². The van der Waals surface area contributed by atoms with E-state index < -0.39 is 0 Å². The van der Waals surface area contributed by atoms with Crippen LogP contribution in [0.4, 0.5) is 5.95 Å². The molecule has 1 saturated heterocycles. The minimum absolute atomic E-state index is 0.0656. The molecular formula is C21H24N4O2S. The largest absolute Gasteiger partial charge is 0.493 e. The summed E-state index contributed by atoms with van der Waals surface area (Å²) in [6, 6.07) is 6.61. The van der Waals surface area contributed by atoms with Gasteiger partial charge in [0.15, 0.2) is 5.78 Å². The van der Waals surface area contributed by atoms with Crippen molar-refractivity contribution in [3.05, 3.63) is 46.8 Å². The molecule has 1 aliphatic carbocycles. The van der Waals surface area contributed by atoms with Crippen molar-refractivity contribution in [2.45, 2.75) is 31.1 Å². The molecule has 1 aromatic heterocycles. The standard InChI is InChI=1S/C21H24N4O2S/c26-19-11-16(28)10-18-17(19)12-22-21(23-18)25-6-4-24(5-7-25)13-14-1-2-15-3-8-27-20(15)9-14/h1-2,9,12,16,28H,3-8,10-11,13H2. The van der Waals surface area contributed by atoms with Gasteiger partial charge < -0.3 is 9.64 Å². The molecule has 6 nitrogen and oxygen atoms in total. The first kappa shape index (κ1) is 17.9. The zero-order valence-electron chi connectivity index (χ0n) is 15.8. The molecule has 0 bridgehead atoms. The Morgan fingerprint density at radius 1 is 1.18 bits per heavy atom. The quantitative estimate of drug-likeness (QED) is 0.803. The molecule has 3 heterocycles. The van der Waals surface area contributed by atoms with Crippen LogP contribution in [0.15, 0.2) is 24.4 Å². The highest BCUT2D eigenvalue weighted by Crippen LogP contribution is 2.27. The molecule has 146 valence electrons. The van der Waals surface area contributed by atoms with Gasteiger partial charge in [-0.1, -0.05) is 12.1 Å². The molecule has 0 amide bonds. The third kappa shape index (κ3) is 3.49. The lowest BCUT2D eigenvalue weighted by molar-refractivity contribution is 0.0973. The van der Waals surface area contributed by atoms with Gasteiger partial charge in [0.1, 0.15) is 5.75 Å². The maximum atomic E-state index is 12.1. The van der Waals surface area contributed by atoms with Gasteiger partial charge in [0.25, 0.3) is 0 Å². The van der Waals surface area contributed by atoms with Crippen molar-refractivity contribution in [2.24, 2.45) is 0 Å². The summed E-state index contributed by atoms with van der Waals surface area (Å²) in [7, 11) is 0. The molecule has 3 aliphatic rings. The Kier molecular flexibility index (Phi) is 4.72. The van der Waals surface area contributed by atoms with E-state index in [4.69, 9.17) is 9.72 Å². The number of ether oxygens (including phenoxy) is 1. The molecule has 2 aliphatic heterocycles. The number of hydrogen-bond acceptors (Lipinski definition) is 7. The number of fused-ring (bicyclic) bond motifs is 2. The number of piperazine rings is 1. The molecule has 5 rings (SSSR count). The summed E-state index contributed by atoms with van der Waals surface area (Å²) in [5.41, 5.74) is 4.14. The number of thiol groups is 1. The average Bonchev–Trinajstić information content (AvgIpc) is 3.16. The first-order chi connectivity index (χ1) is 13.7. The minimum Gasteiger partial charge on any atom is -0.493 e. The van der Waals surface area contributed by atoms with E-state index in [1.165, 1.54) is 11.1 Å². The molecule has 0 radical (unpaired) electrons. The maximum Gasteiger partial charge on any atom is 0.225 e. The number of anilines is 1. The van der Waals surface area contributed by atoms with Gasteiger partial charge in [-0.3, -0.25) is 9.69 Å². The van der Waals surface area contributed by atoms with E-state index in [9.17, 15) is 4.79 Å². The Bertz CT molecular complexity index is 911. The second-order valence-electron chi connectivity index (χ2n) is 7.82. The molecular weight excluding hydrogens is 372 g/mol. The number of Topliss-reactive ketones (excluding diaryl/α,β-unsaturated/α-hetero) is 1. The van der Waals surface area contributed by atoms with Gasteiger partial charge in [0.2, 0.25) is 5.95 Å². The number of carbonyl (C=O) groups excluding carboxylic acids is 1. The normalized spacial score (nSPS) is 22.0. The van der Waals surface area contributed by atoms with Gasteiger partial charge in [0, 0.05) is 63.4 Å². The molecule has 7 heteroatoms. The van der Waals surface area contributed by atoms with Crippen LogP contribution in [0, 0.1) is 0 Å². The van der Waals surface area contributed by atoms with Gasteiger partial charge in [-0.05, 0) is 17.2 Å². The lowest BCUT2D eigenvalue weighted by Gasteiger charge is -2.35. The fraction of sp³-hybridized carbons (Fsp3) is 0.476. The van der Waals surface area contributed by atoms with Crippen LogP contribution >= 0.6 is 12.6 Å². The number of carbonyl (C=O) groups is 1. The highest BCUT2D eigenvalue weighted by Gasteiger charge is 2.27. The van der Waals surface area contributed by atoms with E-state index in [2.05, 4.69) is 45.6 Å². The van der Waals surface area contributed by atoms with Crippen LogP contribution in [0.5, 0.6) is 5.75 Å². The Labute approximate surface area is 170 Å². The summed E-state index contributed by atoms with van der Waals surface area (Å²) in [6.07, 6.45) is 3.94. The average molecular weight is 397 g/mol. The smallest absolute Gasteiger partial charge is 0.225 e. The third-order valence-corrected chi connectivity index (χ3v) is 6.19. The zero-order valence-corrected chi connectivity index (χ0v) is 16.7. The summed E-state index contributed by atoms with van der Waals surface area (Å²) in [5, 5.41) is 0.0656. The number of benzene rings is 1. The monoisotopic (exact) mass is 396 g/mol. The van der Waals surface area contributed by atoms with Gasteiger partial charge in [-0.15, -0.1) is 0 Å². The Morgan fingerprint density at radius 2 is 2.04 bits per heavy atom. The highest BCUT2D eigenvalue weighted by atomic mass is 32.1. The highest BCUT2D eigenvalue weighted by molar-refractivity contribution is 7.81. The minimum atomic E-state index is 0.0656. The number of nitrogens with zero attached hydrogens (tertiary/aromatic N) is 4. The summed E-state index contributed by atoms with van der Waals surface area (Å²) in [6.45, 7) is 5.44. The van der Waals surface area contributed by atoms with E-state index in [-0.39, 0.29) is 11.0 Å². The van der Waals surface area contributed by atoms with Crippen molar-refractivity contribution >= 4 is 24.4 Å². The van der Waals surface area contributed by atoms with E-state index >= 15 is 0 Å². The molecule has 28 heavy (non-hydrogen) atoms. The van der Waals surface area contributed by atoms with Gasteiger partial charge in [0.05, 0.1) is 17.9 Å². The SMILES string of the molecule is O=C1CC(S)Cc2nc(N3CCN(Cc4ccc5c(c4)OCC5)CC3)ncc21. The van der Waals surface area contributed by atoms with E-state index in [0.717, 1.165) is 69.6 Å². The zero-order chi connectivity index (χ0) is 19.1.